The summed E-state index contributed by atoms with van der Waals surface area (Å²) in [6.07, 6.45) is 0.525. The van der Waals surface area contributed by atoms with Gasteiger partial charge in [0.05, 0.1) is 11.4 Å². The Kier molecular flexibility index (Phi) is 3.50. The summed E-state index contributed by atoms with van der Waals surface area (Å²) in [5, 5.41) is 6.47. The SMILES string of the molecule is O=Cc1cccc(F)c1-c1cc(-c2ccc(F)cc2F)n[nH]1. The van der Waals surface area contributed by atoms with E-state index in [0.717, 1.165) is 12.1 Å². The molecule has 0 spiro atoms. The molecule has 0 saturated heterocycles. The van der Waals surface area contributed by atoms with Gasteiger partial charge in [-0.15, -0.1) is 0 Å². The minimum absolute atomic E-state index is 0.0544. The van der Waals surface area contributed by atoms with E-state index in [0.29, 0.717) is 6.29 Å². The predicted molar refractivity (Wildman–Crippen MR) is 74.7 cm³/mol. The standard InChI is InChI=1S/C16H9F3N2O/c17-10-4-5-11(13(19)6-10)14-7-15(21-20-14)16-9(8-22)2-1-3-12(16)18/h1-8H,(H,20,21). The number of H-pyrrole nitrogens is 1. The van der Waals surface area contributed by atoms with E-state index in [-0.39, 0.29) is 28.1 Å². The Labute approximate surface area is 123 Å². The van der Waals surface area contributed by atoms with Gasteiger partial charge in [0.25, 0.3) is 0 Å². The minimum Gasteiger partial charge on any atom is -0.298 e. The fourth-order valence-corrected chi connectivity index (χ4v) is 2.21. The van der Waals surface area contributed by atoms with Crippen molar-refractivity contribution in [3.8, 4) is 22.5 Å². The third-order valence-electron chi connectivity index (χ3n) is 3.23. The van der Waals surface area contributed by atoms with Crippen LogP contribution < -0.4 is 0 Å². The van der Waals surface area contributed by atoms with E-state index in [2.05, 4.69) is 10.2 Å². The molecule has 3 aromatic rings. The number of carbonyl (C=O) groups is 1. The molecule has 0 amide bonds. The molecule has 1 aromatic heterocycles. The van der Waals surface area contributed by atoms with Crippen LogP contribution in [0.1, 0.15) is 10.4 Å². The van der Waals surface area contributed by atoms with E-state index in [1.54, 1.807) is 0 Å². The van der Waals surface area contributed by atoms with Crippen LogP contribution in [0.4, 0.5) is 13.2 Å². The summed E-state index contributed by atoms with van der Waals surface area (Å²) in [5.41, 5.74) is 0.702. The first-order chi connectivity index (χ1) is 10.6. The number of rotatable bonds is 3. The van der Waals surface area contributed by atoms with Crippen molar-refractivity contribution in [3.63, 3.8) is 0 Å². The van der Waals surface area contributed by atoms with E-state index in [4.69, 9.17) is 0 Å². The second-order valence-electron chi connectivity index (χ2n) is 4.61. The van der Waals surface area contributed by atoms with Crippen LogP contribution in [0, 0.1) is 17.5 Å². The monoisotopic (exact) mass is 302 g/mol. The summed E-state index contributed by atoms with van der Waals surface area (Å²) in [6.45, 7) is 0. The second kappa shape index (κ2) is 5.48. The molecule has 1 heterocycles. The van der Waals surface area contributed by atoms with Gasteiger partial charge in [-0.2, -0.15) is 5.10 Å². The lowest BCUT2D eigenvalue weighted by atomic mass is 10.0. The number of halogens is 3. The topological polar surface area (TPSA) is 45.8 Å². The van der Waals surface area contributed by atoms with E-state index in [1.807, 2.05) is 0 Å². The molecular weight excluding hydrogens is 293 g/mol. The molecule has 0 aliphatic carbocycles. The molecule has 1 N–H and O–H groups in total. The number of hydrogen-bond acceptors (Lipinski definition) is 2. The maximum atomic E-state index is 13.9. The lowest BCUT2D eigenvalue weighted by Gasteiger charge is -2.02. The molecule has 0 radical (unpaired) electrons. The average molecular weight is 302 g/mol. The number of nitrogens with one attached hydrogen (secondary N) is 1. The van der Waals surface area contributed by atoms with Crippen LogP contribution in [-0.4, -0.2) is 16.5 Å². The molecule has 0 atom stereocenters. The highest BCUT2D eigenvalue weighted by atomic mass is 19.1. The van der Waals surface area contributed by atoms with Crippen molar-refractivity contribution in [2.24, 2.45) is 0 Å². The molecule has 0 aliphatic heterocycles. The summed E-state index contributed by atoms with van der Waals surface area (Å²) < 4.78 is 40.6. The molecule has 3 nitrogen and oxygen atoms in total. The molecule has 6 heteroatoms. The first-order valence-electron chi connectivity index (χ1n) is 6.35. The normalized spacial score (nSPS) is 10.7. The van der Waals surface area contributed by atoms with Gasteiger partial charge in [-0.05, 0) is 24.3 Å². The van der Waals surface area contributed by atoms with Crippen molar-refractivity contribution in [2.45, 2.75) is 0 Å². The molecule has 0 aliphatic rings. The molecule has 110 valence electrons. The summed E-state index contributed by atoms with van der Waals surface area (Å²) in [4.78, 5) is 11.0. The molecular formula is C16H9F3N2O. The quantitative estimate of drug-likeness (QED) is 0.744. The number of aromatic nitrogens is 2. The zero-order valence-corrected chi connectivity index (χ0v) is 11.1. The van der Waals surface area contributed by atoms with Crippen molar-refractivity contribution < 1.29 is 18.0 Å². The van der Waals surface area contributed by atoms with Gasteiger partial charge in [0.1, 0.15) is 17.5 Å². The Hall–Kier alpha value is -2.89. The predicted octanol–water partition coefficient (Wildman–Crippen LogP) is 3.97. The Balaban J connectivity index is 2.10. The van der Waals surface area contributed by atoms with Crippen molar-refractivity contribution in [3.05, 3.63) is 65.5 Å². The Morgan fingerprint density at radius 1 is 1.00 bits per heavy atom. The summed E-state index contributed by atoms with van der Waals surface area (Å²) in [7, 11) is 0. The van der Waals surface area contributed by atoms with Crippen LogP contribution >= 0.6 is 0 Å². The molecule has 0 saturated carbocycles. The van der Waals surface area contributed by atoms with E-state index < -0.39 is 17.5 Å². The Morgan fingerprint density at radius 2 is 1.82 bits per heavy atom. The third kappa shape index (κ3) is 2.39. The third-order valence-corrected chi connectivity index (χ3v) is 3.23. The maximum absolute atomic E-state index is 13.9. The lowest BCUT2D eigenvalue weighted by molar-refractivity contribution is 0.112. The highest BCUT2D eigenvalue weighted by Gasteiger charge is 2.15. The zero-order chi connectivity index (χ0) is 15.7. The fraction of sp³-hybridized carbons (Fsp3) is 0. The molecule has 0 bridgehead atoms. The van der Waals surface area contributed by atoms with Gasteiger partial charge in [-0.3, -0.25) is 9.89 Å². The van der Waals surface area contributed by atoms with Gasteiger partial charge in [0.15, 0.2) is 6.29 Å². The molecule has 0 unspecified atom stereocenters. The van der Waals surface area contributed by atoms with Crippen molar-refractivity contribution in [1.82, 2.24) is 10.2 Å². The van der Waals surface area contributed by atoms with Crippen LogP contribution in [0.3, 0.4) is 0 Å². The van der Waals surface area contributed by atoms with Crippen LogP contribution in [0.25, 0.3) is 22.5 Å². The average Bonchev–Trinajstić information content (AvgIpc) is 2.96. The van der Waals surface area contributed by atoms with Crippen molar-refractivity contribution >= 4 is 6.29 Å². The first kappa shape index (κ1) is 14.1. The van der Waals surface area contributed by atoms with Gasteiger partial charge in [0, 0.05) is 22.8 Å². The zero-order valence-electron chi connectivity index (χ0n) is 11.1. The number of aldehydes is 1. The molecule has 0 fully saturated rings. The lowest BCUT2D eigenvalue weighted by Crippen LogP contribution is -1.92. The number of benzene rings is 2. The molecule has 22 heavy (non-hydrogen) atoms. The van der Waals surface area contributed by atoms with Crippen LogP contribution in [0.15, 0.2) is 42.5 Å². The number of hydrogen-bond donors (Lipinski definition) is 1. The van der Waals surface area contributed by atoms with E-state index >= 15 is 0 Å². The molecule has 3 rings (SSSR count). The summed E-state index contributed by atoms with van der Waals surface area (Å²) >= 11 is 0. The second-order valence-corrected chi connectivity index (χ2v) is 4.61. The van der Waals surface area contributed by atoms with Crippen molar-refractivity contribution in [2.75, 3.05) is 0 Å². The first-order valence-corrected chi connectivity index (χ1v) is 6.35. The van der Waals surface area contributed by atoms with E-state index in [1.165, 1.54) is 30.3 Å². The van der Waals surface area contributed by atoms with Gasteiger partial charge in [-0.25, -0.2) is 13.2 Å². The van der Waals surface area contributed by atoms with Crippen LogP contribution in [0.2, 0.25) is 0 Å². The van der Waals surface area contributed by atoms with Gasteiger partial charge >= 0.3 is 0 Å². The van der Waals surface area contributed by atoms with Gasteiger partial charge < -0.3 is 0 Å². The highest BCUT2D eigenvalue weighted by molar-refractivity contribution is 5.87. The smallest absolute Gasteiger partial charge is 0.150 e. The van der Waals surface area contributed by atoms with E-state index in [9.17, 15) is 18.0 Å². The van der Waals surface area contributed by atoms with Gasteiger partial charge in [0.2, 0.25) is 0 Å². The Bertz CT molecular complexity index is 858. The largest absolute Gasteiger partial charge is 0.298 e. The maximum Gasteiger partial charge on any atom is 0.150 e. The number of aromatic amines is 1. The number of nitrogens with zero attached hydrogens (tertiary/aromatic N) is 1. The van der Waals surface area contributed by atoms with Crippen LogP contribution in [0.5, 0.6) is 0 Å². The summed E-state index contributed by atoms with van der Waals surface area (Å²) in [5.74, 6) is -2.07. The number of carbonyl (C=O) groups excluding carboxylic acids is 1. The summed E-state index contributed by atoms with van der Waals surface area (Å²) in [6, 6.07) is 8.58. The van der Waals surface area contributed by atoms with Crippen molar-refractivity contribution in [1.29, 1.82) is 0 Å². The van der Waals surface area contributed by atoms with Crippen LogP contribution in [-0.2, 0) is 0 Å². The minimum atomic E-state index is -0.776. The highest BCUT2D eigenvalue weighted by Crippen LogP contribution is 2.29. The molecule has 2 aromatic carbocycles. The fourth-order valence-electron chi connectivity index (χ4n) is 2.21. The Morgan fingerprint density at radius 3 is 2.55 bits per heavy atom. The van der Waals surface area contributed by atoms with Gasteiger partial charge in [-0.1, -0.05) is 12.1 Å².